The van der Waals surface area contributed by atoms with E-state index in [1.165, 1.54) is 0 Å². The summed E-state index contributed by atoms with van der Waals surface area (Å²) in [6.07, 6.45) is 4.39. The Hall–Kier alpha value is -1.03. The van der Waals surface area contributed by atoms with Crippen LogP contribution >= 0.6 is 0 Å². The number of nitrogen functional groups attached to an aromatic ring is 1. The van der Waals surface area contributed by atoms with Crippen molar-refractivity contribution < 1.29 is 5.11 Å². The minimum absolute atomic E-state index is 0.207. The zero-order valence-corrected chi connectivity index (χ0v) is 8.03. The number of aliphatic hydroxyl groups is 1. The maximum atomic E-state index is 8.66. The predicted octanol–water partition coefficient (Wildman–Crippen LogP) is 0.800. The van der Waals surface area contributed by atoms with E-state index >= 15 is 0 Å². The van der Waals surface area contributed by atoms with Crippen LogP contribution in [0.3, 0.4) is 0 Å². The molecule has 1 aromatic heterocycles. The molecule has 0 fully saturated rings. The molecule has 0 saturated carbocycles. The molecule has 74 valence electrons. The van der Waals surface area contributed by atoms with Gasteiger partial charge in [0.25, 0.3) is 0 Å². The van der Waals surface area contributed by atoms with Crippen molar-refractivity contribution in [1.82, 2.24) is 9.78 Å². The lowest BCUT2D eigenvalue weighted by atomic mass is 10.2. The zero-order valence-electron chi connectivity index (χ0n) is 8.03. The lowest BCUT2D eigenvalue weighted by molar-refractivity contribution is 0.288. The highest BCUT2D eigenvalue weighted by atomic mass is 16.2. The van der Waals surface area contributed by atoms with Crippen molar-refractivity contribution in [1.29, 1.82) is 0 Å². The van der Waals surface area contributed by atoms with Gasteiger partial charge < -0.3 is 10.8 Å². The van der Waals surface area contributed by atoms with Crippen molar-refractivity contribution in [3.63, 3.8) is 0 Å². The molecule has 1 rings (SSSR count). The van der Waals surface area contributed by atoms with Gasteiger partial charge in [0.1, 0.15) is 5.82 Å². The summed E-state index contributed by atoms with van der Waals surface area (Å²) < 4.78 is 1.81. The summed E-state index contributed by atoms with van der Waals surface area (Å²) in [5.41, 5.74) is 6.89. The van der Waals surface area contributed by atoms with Gasteiger partial charge >= 0.3 is 0 Å². The van der Waals surface area contributed by atoms with Crippen molar-refractivity contribution in [3.8, 4) is 0 Å². The molecular formula is C9H17N3O. The molecule has 0 saturated heterocycles. The Labute approximate surface area is 78.4 Å². The molecule has 0 aromatic carbocycles. The highest BCUT2D eigenvalue weighted by Gasteiger charge is 2.05. The van der Waals surface area contributed by atoms with Gasteiger partial charge in [0.05, 0.1) is 6.20 Å². The molecular weight excluding hydrogens is 166 g/mol. The molecule has 4 heteroatoms. The van der Waals surface area contributed by atoms with Crippen LogP contribution in [0.5, 0.6) is 0 Å². The molecule has 0 unspecified atom stereocenters. The van der Waals surface area contributed by atoms with E-state index in [0.29, 0.717) is 0 Å². The normalized spacial score (nSPS) is 10.6. The van der Waals surface area contributed by atoms with Crippen LogP contribution in [-0.4, -0.2) is 21.5 Å². The number of hydrogen-bond acceptors (Lipinski definition) is 3. The summed E-state index contributed by atoms with van der Waals surface area (Å²) in [6.45, 7) is 3.16. The molecule has 0 aliphatic rings. The molecule has 0 spiro atoms. The second-order valence-corrected chi connectivity index (χ2v) is 3.11. The SMILES string of the molecule is CCCn1ncc(CCCO)c1N. The van der Waals surface area contributed by atoms with Gasteiger partial charge in [-0.15, -0.1) is 0 Å². The number of rotatable bonds is 5. The third kappa shape index (κ3) is 2.45. The summed E-state index contributed by atoms with van der Waals surface area (Å²) in [6, 6.07) is 0. The molecule has 0 aliphatic heterocycles. The van der Waals surface area contributed by atoms with E-state index < -0.39 is 0 Å². The Morgan fingerprint density at radius 3 is 3.00 bits per heavy atom. The minimum atomic E-state index is 0.207. The van der Waals surface area contributed by atoms with E-state index in [4.69, 9.17) is 10.8 Å². The largest absolute Gasteiger partial charge is 0.396 e. The number of nitrogens with two attached hydrogens (primary N) is 1. The topological polar surface area (TPSA) is 64.1 Å². The second-order valence-electron chi connectivity index (χ2n) is 3.11. The van der Waals surface area contributed by atoms with Gasteiger partial charge in [-0.3, -0.25) is 0 Å². The molecule has 3 N–H and O–H groups in total. The summed E-state index contributed by atoms with van der Waals surface area (Å²) in [5.74, 6) is 0.746. The summed E-state index contributed by atoms with van der Waals surface area (Å²) in [7, 11) is 0. The quantitative estimate of drug-likeness (QED) is 0.709. The lowest BCUT2D eigenvalue weighted by Gasteiger charge is -2.02. The first-order valence-electron chi connectivity index (χ1n) is 4.70. The van der Waals surface area contributed by atoms with Gasteiger partial charge in [-0.05, 0) is 19.3 Å². The number of anilines is 1. The standard InChI is InChI=1S/C9H17N3O/c1-2-5-12-9(10)8(7-11-12)4-3-6-13/h7,13H,2-6,10H2,1H3. The first-order valence-corrected chi connectivity index (χ1v) is 4.70. The van der Waals surface area contributed by atoms with Crippen LogP contribution in [0.2, 0.25) is 0 Å². The van der Waals surface area contributed by atoms with Gasteiger partial charge in [0.15, 0.2) is 0 Å². The van der Waals surface area contributed by atoms with Crippen molar-refractivity contribution in [2.24, 2.45) is 0 Å². The number of nitrogens with zero attached hydrogens (tertiary/aromatic N) is 2. The summed E-state index contributed by atoms with van der Waals surface area (Å²) in [4.78, 5) is 0. The molecule has 4 nitrogen and oxygen atoms in total. The van der Waals surface area contributed by atoms with E-state index in [-0.39, 0.29) is 6.61 Å². The van der Waals surface area contributed by atoms with Gasteiger partial charge in [-0.25, -0.2) is 4.68 Å². The van der Waals surface area contributed by atoms with Crippen molar-refractivity contribution >= 4 is 5.82 Å². The minimum Gasteiger partial charge on any atom is -0.396 e. The fourth-order valence-corrected chi connectivity index (χ4v) is 1.29. The van der Waals surface area contributed by atoms with E-state index in [0.717, 1.165) is 37.2 Å². The summed E-state index contributed by atoms with van der Waals surface area (Å²) >= 11 is 0. The van der Waals surface area contributed by atoms with Crippen molar-refractivity contribution in [2.75, 3.05) is 12.3 Å². The lowest BCUT2D eigenvalue weighted by Crippen LogP contribution is -2.05. The van der Waals surface area contributed by atoms with E-state index in [9.17, 15) is 0 Å². The zero-order chi connectivity index (χ0) is 9.68. The molecule has 1 heterocycles. The number of aryl methyl sites for hydroxylation is 2. The molecule has 0 atom stereocenters. The Bertz CT molecular complexity index is 257. The number of aromatic nitrogens is 2. The molecule has 0 radical (unpaired) electrons. The van der Waals surface area contributed by atoms with E-state index in [1.807, 2.05) is 4.68 Å². The molecule has 0 bridgehead atoms. The molecule has 0 aliphatic carbocycles. The second kappa shape index (κ2) is 4.87. The van der Waals surface area contributed by atoms with Crippen LogP contribution in [0.4, 0.5) is 5.82 Å². The first-order chi connectivity index (χ1) is 6.29. The van der Waals surface area contributed by atoms with Gasteiger partial charge in [0, 0.05) is 18.7 Å². The van der Waals surface area contributed by atoms with Crippen LogP contribution in [-0.2, 0) is 13.0 Å². The highest BCUT2D eigenvalue weighted by Crippen LogP contribution is 2.13. The Morgan fingerprint density at radius 1 is 1.62 bits per heavy atom. The van der Waals surface area contributed by atoms with Crippen molar-refractivity contribution in [3.05, 3.63) is 11.8 Å². The predicted molar refractivity (Wildman–Crippen MR) is 52.3 cm³/mol. The maximum absolute atomic E-state index is 8.66. The first kappa shape index (κ1) is 10.1. The van der Waals surface area contributed by atoms with Gasteiger partial charge in [-0.1, -0.05) is 6.92 Å². The average molecular weight is 183 g/mol. The van der Waals surface area contributed by atoms with Crippen LogP contribution in [0.1, 0.15) is 25.3 Å². The smallest absolute Gasteiger partial charge is 0.124 e. The molecule has 13 heavy (non-hydrogen) atoms. The third-order valence-electron chi connectivity index (χ3n) is 2.00. The van der Waals surface area contributed by atoms with Crippen LogP contribution in [0.15, 0.2) is 6.20 Å². The Balaban J connectivity index is 2.62. The third-order valence-corrected chi connectivity index (χ3v) is 2.00. The monoisotopic (exact) mass is 183 g/mol. The maximum Gasteiger partial charge on any atom is 0.124 e. The Morgan fingerprint density at radius 2 is 2.38 bits per heavy atom. The fraction of sp³-hybridized carbons (Fsp3) is 0.667. The molecule has 1 aromatic rings. The average Bonchev–Trinajstić information content (AvgIpc) is 2.46. The van der Waals surface area contributed by atoms with Crippen LogP contribution < -0.4 is 5.73 Å². The molecule has 0 amide bonds. The van der Waals surface area contributed by atoms with E-state index in [1.54, 1.807) is 6.20 Å². The Kier molecular flexibility index (Phi) is 3.76. The van der Waals surface area contributed by atoms with Gasteiger partial charge in [-0.2, -0.15) is 5.10 Å². The van der Waals surface area contributed by atoms with Crippen LogP contribution in [0.25, 0.3) is 0 Å². The fourth-order valence-electron chi connectivity index (χ4n) is 1.29. The number of aliphatic hydroxyl groups excluding tert-OH is 1. The summed E-state index contributed by atoms with van der Waals surface area (Å²) in [5, 5.41) is 12.8. The number of hydrogen-bond donors (Lipinski definition) is 2. The highest BCUT2D eigenvalue weighted by molar-refractivity contribution is 5.38. The van der Waals surface area contributed by atoms with E-state index in [2.05, 4.69) is 12.0 Å². The van der Waals surface area contributed by atoms with Gasteiger partial charge in [0.2, 0.25) is 0 Å². The van der Waals surface area contributed by atoms with Crippen molar-refractivity contribution in [2.45, 2.75) is 32.7 Å². The van der Waals surface area contributed by atoms with Crippen LogP contribution in [0, 0.1) is 0 Å².